The van der Waals surface area contributed by atoms with Gasteiger partial charge in [0.2, 0.25) is 0 Å². The summed E-state index contributed by atoms with van der Waals surface area (Å²) in [5, 5.41) is 11.9. The van der Waals surface area contributed by atoms with E-state index in [-0.39, 0.29) is 5.41 Å². The summed E-state index contributed by atoms with van der Waals surface area (Å²) < 4.78 is 0. The maximum absolute atomic E-state index is 10.9. The normalized spacial score (nSPS) is 16.2. The van der Waals surface area contributed by atoms with Crippen molar-refractivity contribution in [2.45, 2.75) is 33.6 Å². The second-order valence-electron chi connectivity index (χ2n) is 4.08. The summed E-state index contributed by atoms with van der Waals surface area (Å²) in [5.41, 5.74) is 1.25. The van der Waals surface area contributed by atoms with Crippen molar-refractivity contribution in [2.75, 3.05) is 13.6 Å². The number of hydrogen-bond acceptors (Lipinski definition) is 2. The van der Waals surface area contributed by atoms with Crippen LogP contribution in [0.3, 0.4) is 0 Å². The van der Waals surface area contributed by atoms with Gasteiger partial charge in [-0.25, -0.2) is 0 Å². The van der Waals surface area contributed by atoms with Gasteiger partial charge in [-0.1, -0.05) is 19.4 Å². The Hall–Kier alpha value is -0.340. The molecule has 0 fully saturated rings. The monoisotopic (exact) mass is 170 g/mol. The molecule has 1 atom stereocenters. The lowest BCUT2D eigenvalue weighted by Gasteiger charge is -2.36. The highest BCUT2D eigenvalue weighted by Crippen LogP contribution is 2.29. The minimum Gasteiger partial charge on any atom is -0.785 e. The molecule has 0 aromatic rings. The number of hydrogen-bond donors (Lipinski definition) is 0. The molecule has 0 saturated carbocycles. The number of rotatable bonds is 5. The highest BCUT2D eigenvalue weighted by atomic mass is 16.5. The minimum atomic E-state index is 0.0995. The van der Waals surface area contributed by atoms with Crippen molar-refractivity contribution in [1.29, 1.82) is 0 Å². The predicted octanol–water partition coefficient (Wildman–Crippen LogP) is 2.80. The molecule has 12 heavy (non-hydrogen) atoms. The second-order valence-corrected chi connectivity index (χ2v) is 4.08. The van der Waals surface area contributed by atoms with E-state index in [0.717, 1.165) is 23.5 Å². The van der Waals surface area contributed by atoms with Crippen LogP contribution in [-0.2, 0) is 0 Å². The second kappa shape index (κ2) is 4.63. The van der Waals surface area contributed by atoms with Gasteiger partial charge in [-0.2, -0.15) is 0 Å². The Morgan fingerprint density at radius 3 is 2.33 bits per heavy atom. The highest BCUT2D eigenvalue weighted by molar-refractivity contribution is 4.95. The molecule has 0 spiro atoms. The van der Waals surface area contributed by atoms with Crippen molar-refractivity contribution in [3.05, 3.63) is 17.4 Å². The van der Waals surface area contributed by atoms with Gasteiger partial charge in [-0.05, 0) is 38.8 Å². The van der Waals surface area contributed by atoms with Gasteiger partial charge in [0.15, 0.2) is 0 Å². The predicted molar refractivity (Wildman–Crippen MR) is 53.8 cm³/mol. The molecule has 0 heterocycles. The number of allylic oxidation sites excluding steroid dienone is 1. The third kappa shape index (κ3) is 4.52. The molecular weight excluding hydrogens is 150 g/mol. The first-order chi connectivity index (χ1) is 5.39. The van der Waals surface area contributed by atoms with E-state index >= 15 is 0 Å². The van der Waals surface area contributed by atoms with Gasteiger partial charge in [0.25, 0.3) is 0 Å². The third-order valence-corrected chi connectivity index (χ3v) is 2.19. The molecule has 1 unspecified atom stereocenters. The summed E-state index contributed by atoms with van der Waals surface area (Å²) in [6.07, 6.45) is 1.96. The third-order valence-electron chi connectivity index (χ3n) is 2.19. The van der Waals surface area contributed by atoms with Crippen LogP contribution in [0.5, 0.6) is 0 Å². The van der Waals surface area contributed by atoms with E-state index < -0.39 is 0 Å². The van der Waals surface area contributed by atoms with E-state index in [4.69, 9.17) is 0 Å². The zero-order valence-corrected chi connectivity index (χ0v) is 8.68. The van der Waals surface area contributed by atoms with Gasteiger partial charge in [0.05, 0.1) is 0 Å². The van der Waals surface area contributed by atoms with E-state index in [9.17, 15) is 5.21 Å². The number of nitrogens with zero attached hydrogens (tertiary/aromatic N) is 1. The quantitative estimate of drug-likeness (QED) is 0.468. The molecule has 0 aromatic heterocycles. The van der Waals surface area contributed by atoms with Gasteiger partial charge in [-0.15, -0.1) is 6.58 Å². The van der Waals surface area contributed by atoms with Crippen LogP contribution in [0.2, 0.25) is 0 Å². The van der Waals surface area contributed by atoms with E-state index in [2.05, 4.69) is 20.4 Å². The van der Waals surface area contributed by atoms with Crippen LogP contribution < -0.4 is 0 Å². The van der Waals surface area contributed by atoms with Crippen molar-refractivity contribution in [1.82, 2.24) is 5.06 Å². The molecule has 0 aliphatic carbocycles. The van der Waals surface area contributed by atoms with Crippen molar-refractivity contribution in [3.8, 4) is 0 Å². The molecule has 0 rings (SSSR count). The van der Waals surface area contributed by atoms with E-state index in [1.54, 1.807) is 7.05 Å². The van der Waals surface area contributed by atoms with E-state index in [1.807, 2.05) is 6.92 Å². The average Bonchev–Trinajstić information content (AvgIpc) is 1.83. The first-order valence-electron chi connectivity index (χ1n) is 4.42. The topological polar surface area (TPSA) is 26.3 Å². The fourth-order valence-corrected chi connectivity index (χ4v) is 1.56. The van der Waals surface area contributed by atoms with Crippen LogP contribution in [0, 0.1) is 10.6 Å². The summed E-state index contributed by atoms with van der Waals surface area (Å²) in [6.45, 7) is 10.7. The van der Waals surface area contributed by atoms with Crippen molar-refractivity contribution in [2.24, 2.45) is 5.41 Å². The summed E-state index contributed by atoms with van der Waals surface area (Å²) in [5.74, 6) is 0. The molecule has 72 valence electrons. The lowest BCUT2D eigenvalue weighted by Crippen LogP contribution is -2.29. The summed E-state index contributed by atoms with van der Waals surface area (Å²) in [6, 6.07) is 0. The van der Waals surface area contributed by atoms with Gasteiger partial charge in [0.1, 0.15) is 0 Å². The largest absolute Gasteiger partial charge is 0.785 e. The van der Waals surface area contributed by atoms with Gasteiger partial charge in [-0.3, -0.25) is 0 Å². The Morgan fingerprint density at radius 1 is 1.58 bits per heavy atom. The van der Waals surface area contributed by atoms with Gasteiger partial charge >= 0.3 is 0 Å². The van der Waals surface area contributed by atoms with Crippen LogP contribution in [0.4, 0.5) is 0 Å². The fraction of sp³-hybridized carbons (Fsp3) is 0.800. The lowest BCUT2D eigenvalue weighted by atomic mass is 9.81. The molecule has 0 radical (unpaired) electrons. The molecule has 0 bridgehead atoms. The zero-order valence-electron chi connectivity index (χ0n) is 8.68. The molecule has 0 saturated heterocycles. The molecule has 0 amide bonds. The first kappa shape index (κ1) is 11.7. The maximum atomic E-state index is 10.9. The molecular formula is C10H20NO-. The summed E-state index contributed by atoms with van der Waals surface area (Å²) in [4.78, 5) is 0. The molecule has 2 heteroatoms. The Kier molecular flexibility index (Phi) is 4.50. The Bertz CT molecular complexity index is 154. The van der Waals surface area contributed by atoms with Crippen molar-refractivity contribution >= 4 is 0 Å². The maximum Gasteiger partial charge on any atom is -0.00885 e. The van der Waals surface area contributed by atoms with E-state index in [1.165, 1.54) is 0 Å². The lowest BCUT2D eigenvalue weighted by molar-refractivity contribution is 0.225. The first-order valence-corrected chi connectivity index (χ1v) is 4.42. The molecule has 0 aliphatic heterocycles. The standard InChI is InChI=1S/C10H20NO/c1-6-10(4,7-9(2)3)8-11(5)12/h2,6-8H2,1,3-5H3/q-1. The van der Waals surface area contributed by atoms with Crippen LogP contribution in [0.15, 0.2) is 12.2 Å². The summed E-state index contributed by atoms with van der Waals surface area (Å²) in [7, 11) is 1.58. The number of hydroxylamine groups is 2. The van der Waals surface area contributed by atoms with Crippen LogP contribution >= 0.6 is 0 Å². The fourth-order valence-electron chi connectivity index (χ4n) is 1.56. The Morgan fingerprint density at radius 2 is 2.08 bits per heavy atom. The molecule has 0 aromatic carbocycles. The van der Waals surface area contributed by atoms with Crippen LogP contribution in [-0.4, -0.2) is 18.7 Å². The van der Waals surface area contributed by atoms with Crippen molar-refractivity contribution < 1.29 is 0 Å². The summed E-state index contributed by atoms with van der Waals surface area (Å²) >= 11 is 0. The minimum absolute atomic E-state index is 0.0995. The SMILES string of the molecule is C=C(C)CC(C)(CC)CN(C)[O-]. The molecule has 0 aliphatic rings. The van der Waals surface area contributed by atoms with Crippen LogP contribution in [0.1, 0.15) is 33.6 Å². The zero-order chi connectivity index (χ0) is 9.78. The Balaban J connectivity index is 4.13. The van der Waals surface area contributed by atoms with E-state index in [0.29, 0.717) is 6.54 Å². The Labute approximate surface area is 75.8 Å². The van der Waals surface area contributed by atoms with Gasteiger partial charge < -0.3 is 10.3 Å². The van der Waals surface area contributed by atoms with Gasteiger partial charge in [0, 0.05) is 0 Å². The smallest absolute Gasteiger partial charge is 0.00885 e. The van der Waals surface area contributed by atoms with Crippen LogP contribution in [0.25, 0.3) is 0 Å². The highest BCUT2D eigenvalue weighted by Gasteiger charge is 2.21. The molecule has 2 nitrogen and oxygen atoms in total. The van der Waals surface area contributed by atoms with Crippen molar-refractivity contribution in [3.63, 3.8) is 0 Å². The molecule has 0 N–H and O–H groups in total. The average molecular weight is 170 g/mol.